The number of nitrogens with one attached hydrogen (secondary N) is 1. The number of para-hydroxylation sites is 1. The van der Waals surface area contributed by atoms with Gasteiger partial charge in [0.25, 0.3) is 5.91 Å². The molecular weight excluding hydrogens is 330 g/mol. The molecular formula is C19H23N5O2. The van der Waals surface area contributed by atoms with E-state index in [0.29, 0.717) is 18.1 Å². The Kier molecular flexibility index (Phi) is 5.08. The average Bonchev–Trinajstić information content (AvgIpc) is 3.13. The van der Waals surface area contributed by atoms with Gasteiger partial charge in [-0.1, -0.05) is 18.2 Å². The second-order valence-electron chi connectivity index (χ2n) is 6.51. The number of benzene rings is 1. The molecule has 26 heavy (non-hydrogen) atoms. The van der Waals surface area contributed by atoms with Gasteiger partial charge in [-0.15, -0.1) is 0 Å². The summed E-state index contributed by atoms with van der Waals surface area (Å²) < 4.78 is 5.32. The second kappa shape index (κ2) is 7.80. The molecule has 7 heteroatoms. The van der Waals surface area contributed by atoms with Gasteiger partial charge in [0.05, 0.1) is 18.8 Å². The van der Waals surface area contributed by atoms with Gasteiger partial charge < -0.3 is 15.0 Å². The van der Waals surface area contributed by atoms with Crippen molar-refractivity contribution in [2.75, 3.05) is 50.8 Å². The Morgan fingerprint density at radius 3 is 2.69 bits per heavy atom. The highest BCUT2D eigenvalue weighted by Gasteiger charge is 2.22. The van der Waals surface area contributed by atoms with Gasteiger partial charge in [-0.25, -0.2) is 9.97 Å². The van der Waals surface area contributed by atoms with Crippen molar-refractivity contribution in [2.24, 2.45) is 0 Å². The number of carbonyl (C=O) groups excluding carboxylic acids is 1. The minimum Gasteiger partial charge on any atom is -0.379 e. The topological polar surface area (TPSA) is 70.6 Å². The van der Waals surface area contributed by atoms with E-state index in [1.54, 1.807) is 12.4 Å². The molecule has 0 spiro atoms. The van der Waals surface area contributed by atoms with Crippen LogP contribution < -0.4 is 10.2 Å². The Hall–Kier alpha value is -2.51. The van der Waals surface area contributed by atoms with Crippen LogP contribution in [0.5, 0.6) is 0 Å². The normalized spacial score (nSPS) is 17.2. The van der Waals surface area contributed by atoms with Crippen LogP contribution in [0, 0.1) is 0 Å². The second-order valence-corrected chi connectivity index (χ2v) is 6.51. The first-order valence-corrected chi connectivity index (χ1v) is 9.07. The number of aromatic nitrogens is 2. The number of nitrogens with zero attached hydrogens (tertiary/aromatic N) is 4. The van der Waals surface area contributed by atoms with Gasteiger partial charge in [-0.3, -0.25) is 9.69 Å². The van der Waals surface area contributed by atoms with Crippen molar-refractivity contribution in [3.63, 3.8) is 0 Å². The van der Waals surface area contributed by atoms with Crippen LogP contribution in [-0.2, 0) is 11.2 Å². The molecule has 0 atom stereocenters. The van der Waals surface area contributed by atoms with Gasteiger partial charge in [0, 0.05) is 50.8 Å². The number of fused-ring (bicyclic) bond motifs is 1. The van der Waals surface area contributed by atoms with Gasteiger partial charge in [0.2, 0.25) is 5.95 Å². The summed E-state index contributed by atoms with van der Waals surface area (Å²) in [6.45, 7) is 5.69. The van der Waals surface area contributed by atoms with Crippen molar-refractivity contribution in [1.29, 1.82) is 0 Å². The molecule has 0 bridgehead atoms. The van der Waals surface area contributed by atoms with Crippen molar-refractivity contribution in [2.45, 2.75) is 6.42 Å². The minimum atomic E-state index is -0.133. The first-order valence-electron chi connectivity index (χ1n) is 9.07. The molecule has 1 saturated heterocycles. The molecule has 2 aliphatic heterocycles. The molecule has 2 aliphatic rings. The van der Waals surface area contributed by atoms with Crippen LogP contribution in [0.3, 0.4) is 0 Å². The van der Waals surface area contributed by atoms with Gasteiger partial charge in [0.15, 0.2) is 0 Å². The van der Waals surface area contributed by atoms with Crippen LogP contribution in [0.25, 0.3) is 0 Å². The third-order valence-corrected chi connectivity index (χ3v) is 4.85. The molecule has 1 N–H and O–H groups in total. The van der Waals surface area contributed by atoms with E-state index < -0.39 is 0 Å². The van der Waals surface area contributed by atoms with Crippen LogP contribution in [0.2, 0.25) is 0 Å². The van der Waals surface area contributed by atoms with E-state index in [2.05, 4.69) is 37.2 Å². The third kappa shape index (κ3) is 3.68. The maximum absolute atomic E-state index is 12.3. The van der Waals surface area contributed by atoms with Crippen molar-refractivity contribution in [1.82, 2.24) is 20.2 Å². The van der Waals surface area contributed by atoms with Crippen molar-refractivity contribution >= 4 is 17.5 Å². The lowest BCUT2D eigenvalue weighted by atomic mass is 10.2. The zero-order chi connectivity index (χ0) is 17.8. The summed E-state index contributed by atoms with van der Waals surface area (Å²) in [7, 11) is 0. The SMILES string of the molecule is O=C(NCCN1CCOCC1)c1cnc(N2CCc3ccccc32)nc1. The van der Waals surface area contributed by atoms with E-state index in [4.69, 9.17) is 4.74 Å². The fourth-order valence-electron chi connectivity index (χ4n) is 3.38. The maximum Gasteiger partial charge on any atom is 0.254 e. The van der Waals surface area contributed by atoms with Gasteiger partial charge in [0.1, 0.15) is 0 Å². The number of rotatable bonds is 5. The number of carbonyl (C=O) groups is 1. The van der Waals surface area contributed by atoms with Crippen molar-refractivity contribution < 1.29 is 9.53 Å². The monoisotopic (exact) mass is 353 g/mol. The van der Waals surface area contributed by atoms with Crippen LogP contribution in [0.15, 0.2) is 36.7 Å². The molecule has 1 amide bonds. The van der Waals surface area contributed by atoms with E-state index in [9.17, 15) is 4.79 Å². The summed E-state index contributed by atoms with van der Waals surface area (Å²) in [5.41, 5.74) is 2.94. The van der Waals surface area contributed by atoms with Crippen molar-refractivity contribution in [3.8, 4) is 0 Å². The van der Waals surface area contributed by atoms with E-state index in [-0.39, 0.29) is 5.91 Å². The predicted molar refractivity (Wildman–Crippen MR) is 98.8 cm³/mol. The molecule has 0 radical (unpaired) electrons. The molecule has 0 aliphatic carbocycles. The lowest BCUT2D eigenvalue weighted by Gasteiger charge is -2.26. The van der Waals surface area contributed by atoms with Crippen LogP contribution >= 0.6 is 0 Å². The lowest BCUT2D eigenvalue weighted by molar-refractivity contribution is 0.0383. The Morgan fingerprint density at radius 1 is 1.12 bits per heavy atom. The fourth-order valence-corrected chi connectivity index (χ4v) is 3.38. The molecule has 7 nitrogen and oxygen atoms in total. The number of anilines is 2. The molecule has 136 valence electrons. The third-order valence-electron chi connectivity index (χ3n) is 4.85. The number of hydrogen-bond donors (Lipinski definition) is 1. The summed E-state index contributed by atoms with van der Waals surface area (Å²) in [5, 5.41) is 2.94. The van der Waals surface area contributed by atoms with Crippen molar-refractivity contribution in [3.05, 3.63) is 47.8 Å². The number of amides is 1. The average molecular weight is 353 g/mol. The molecule has 0 unspecified atom stereocenters. The highest BCUT2D eigenvalue weighted by atomic mass is 16.5. The quantitative estimate of drug-likeness (QED) is 0.872. The minimum absolute atomic E-state index is 0.133. The number of ether oxygens (including phenoxy) is 1. The molecule has 3 heterocycles. The van der Waals surface area contributed by atoms with E-state index in [1.165, 1.54) is 5.56 Å². The maximum atomic E-state index is 12.3. The molecule has 0 saturated carbocycles. The molecule has 4 rings (SSSR count). The van der Waals surface area contributed by atoms with E-state index in [0.717, 1.165) is 51.5 Å². The number of morpholine rings is 1. The first-order chi connectivity index (χ1) is 12.8. The van der Waals surface area contributed by atoms with E-state index in [1.807, 2.05) is 12.1 Å². The summed E-state index contributed by atoms with van der Waals surface area (Å²) in [6, 6.07) is 8.28. The molecule has 1 aromatic heterocycles. The summed E-state index contributed by atoms with van der Waals surface area (Å²) in [6.07, 6.45) is 4.20. The summed E-state index contributed by atoms with van der Waals surface area (Å²) in [4.78, 5) is 25.5. The molecule has 2 aromatic rings. The summed E-state index contributed by atoms with van der Waals surface area (Å²) >= 11 is 0. The van der Waals surface area contributed by atoms with Gasteiger partial charge in [-0.05, 0) is 18.1 Å². The van der Waals surface area contributed by atoms with Crippen LogP contribution in [0.4, 0.5) is 11.6 Å². The smallest absolute Gasteiger partial charge is 0.254 e. The predicted octanol–water partition coefficient (Wildman–Crippen LogP) is 1.23. The lowest BCUT2D eigenvalue weighted by Crippen LogP contribution is -2.41. The molecule has 1 fully saturated rings. The fraction of sp³-hybridized carbons (Fsp3) is 0.421. The zero-order valence-corrected chi connectivity index (χ0v) is 14.7. The Bertz CT molecular complexity index is 759. The highest BCUT2D eigenvalue weighted by Crippen LogP contribution is 2.31. The highest BCUT2D eigenvalue weighted by molar-refractivity contribution is 5.93. The van der Waals surface area contributed by atoms with Gasteiger partial charge >= 0.3 is 0 Å². The first kappa shape index (κ1) is 16.9. The zero-order valence-electron chi connectivity index (χ0n) is 14.7. The Labute approximate surface area is 153 Å². The Morgan fingerprint density at radius 2 is 1.88 bits per heavy atom. The van der Waals surface area contributed by atoms with Gasteiger partial charge in [-0.2, -0.15) is 0 Å². The largest absolute Gasteiger partial charge is 0.379 e. The standard InChI is InChI=1S/C19H23N5O2/c25-18(20-6-8-23-9-11-26-12-10-23)16-13-21-19(22-14-16)24-7-5-15-3-1-2-4-17(15)24/h1-4,13-14H,5-12H2,(H,20,25). The van der Waals surface area contributed by atoms with E-state index >= 15 is 0 Å². The molecule has 1 aromatic carbocycles. The van der Waals surface area contributed by atoms with Crippen LogP contribution in [0.1, 0.15) is 15.9 Å². The Balaban J connectivity index is 1.33. The summed E-state index contributed by atoms with van der Waals surface area (Å²) in [5.74, 6) is 0.506. The number of hydrogen-bond acceptors (Lipinski definition) is 6. The van der Waals surface area contributed by atoms with Crippen LogP contribution in [-0.4, -0.2) is 66.7 Å².